The van der Waals surface area contributed by atoms with Gasteiger partial charge in [0.1, 0.15) is 16.5 Å². The molecular formula is C21H25ClF2N4O2. The quantitative estimate of drug-likeness (QED) is 0.792. The number of benzene rings is 1. The Labute approximate surface area is 178 Å². The van der Waals surface area contributed by atoms with Crippen LogP contribution in [0, 0.1) is 23.0 Å². The van der Waals surface area contributed by atoms with Crippen LogP contribution in [-0.2, 0) is 4.79 Å². The molecule has 1 aliphatic rings. The first kappa shape index (κ1) is 22.2. The highest BCUT2D eigenvalue weighted by molar-refractivity contribution is 6.33. The van der Waals surface area contributed by atoms with Gasteiger partial charge in [0.25, 0.3) is 5.56 Å². The summed E-state index contributed by atoms with van der Waals surface area (Å²) in [6.07, 6.45) is 3.24. The molecule has 2 aromatic rings. The SMILES string of the molecule is CC(C)(C)C(=O)NCC1CCCN(c2cnn(-c3ccc(F)cc3F)c(=O)c2Cl)C1. The lowest BCUT2D eigenvalue weighted by atomic mass is 9.94. The van der Waals surface area contributed by atoms with Gasteiger partial charge in [0.2, 0.25) is 5.91 Å². The first-order valence-corrected chi connectivity index (χ1v) is 10.2. The first-order valence-electron chi connectivity index (χ1n) is 9.84. The molecule has 2 heterocycles. The highest BCUT2D eigenvalue weighted by atomic mass is 35.5. The number of hydrogen-bond acceptors (Lipinski definition) is 4. The Morgan fingerprint density at radius 3 is 2.70 bits per heavy atom. The number of carbonyl (C=O) groups is 1. The summed E-state index contributed by atoms with van der Waals surface area (Å²) >= 11 is 6.32. The molecule has 162 valence electrons. The number of anilines is 1. The lowest BCUT2D eigenvalue weighted by molar-refractivity contribution is -0.128. The summed E-state index contributed by atoms with van der Waals surface area (Å²) in [7, 11) is 0. The third kappa shape index (κ3) is 4.80. The topological polar surface area (TPSA) is 67.2 Å². The average molecular weight is 439 g/mol. The molecule has 1 aromatic heterocycles. The molecule has 9 heteroatoms. The molecule has 1 N–H and O–H groups in total. The standard InChI is InChI=1S/C21H25ClF2N4O2/c1-21(2,3)20(30)25-10-13-5-4-8-27(12-13)17-11-26-28(19(29)18(17)22)16-7-6-14(23)9-15(16)24/h6-7,9,11,13H,4-5,8,10,12H2,1-3H3,(H,25,30). The van der Waals surface area contributed by atoms with Gasteiger partial charge in [-0.2, -0.15) is 9.78 Å². The van der Waals surface area contributed by atoms with E-state index in [1.54, 1.807) is 0 Å². The number of rotatable bonds is 4. The Bertz CT molecular complexity index is 1000. The highest BCUT2D eigenvalue weighted by Crippen LogP contribution is 2.27. The minimum atomic E-state index is -0.902. The number of nitrogens with zero attached hydrogens (tertiary/aromatic N) is 3. The van der Waals surface area contributed by atoms with E-state index in [0.717, 1.165) is 29.7 Å². The van der Waals surface area contributed by atoms with E-state index in [-0.39, 0.29) is 22.5 Å². The fourth-order valence-corrected chi connectivity index (χ4v) is 3.67. The summed E-state index contributed by atoms with van der Waals surface area (Å²) in [5, 5.41) is 6.96. The zero-order valence-corrected chi connectivity index (χ0v) is 18.0. The average Bonchev–Trinajstić information content (AvgIpc) is 2.68. The van der Waals surface area contributed by atoms with Crippen molar-refractivity contribution in [2.24, 2.45) is 11.3 Å². The number of piperidine rings is 1. The zero-order valence-electron chi connectivity index (χ0n) is 17.2. The van der Waals surface area contributed by atoms with E-state index >= 15 is 0 Å². The fraction of sp³-hybridized carbons (Fsp3) is 0.476. The summed E-state index contributed by atoms with van der Waals surface area (Å²) in [5.41, 5.74) is -0.840. The number of nitrogens with one attached hydrogen (secondary N) is 1. The van der Waals surface area contributed by atoms with E-state index < -0.39 is 22.6 Å². The number of halogens is 3. The maximum absolute atomic E-state index is 14.1. The molecule has 30 heavy (non-hydrogen) atoms. The summed E-state index contributed by atoms with van der Waals surface area (Å²) in [5.74, 6) is -1.45. The van der Waals surface area contributed by atoms with Crippen molar-refractivity contribution in [3.63, 3.8) is 0 Å². The molecule has 1 aromatic carbocycles. The van der Waals surface area contributed by atoms with Crippen molar-refractivity contribution in [3.05, 3.63) is 51.4 Å². The van der Waals surface area contributed by atoms with Crippen molar-refractivity contribution < 1.29 is 13.6 Å². The van der Waals surface area contributed by atoms with Crippen molar-refractivity contribution in [2.45, 2.75) is 33.6 Å². The van der Waals surface area contributed by atoms with Crippen molar-refractivity contribution in [1.29, 1.82) is 0 Å². The van der Waals surface area contributed by atoms with Gasteiger partial charge in [0.15, 0.2) is 5.82 Å². The van der Waals surface area contributed by atoms with Gasteiger partial charge in [-0.3, -0.25) is 9.59 Å². The largest absolute Gasteiger partial charge is 0.369 e. The van der Waals surface area contributed by atoms with Gasteiger partial charge in [-0.1, -0.05) is 32.4 Å². The lowest BCUT2D eigenvalue weighted by Gasteiger charge is -2.35. The van der Waals surface area contributed by atoms with Crippen molar-refractivity contribution >= 4 is 23.2 Å². The molecule has 0 spiro atoms. The minimum Gasteiger partial charge on any atom is -0.369 e. The van der Waals surface area contributed by atoms with E-state index in [1.807, 2.05) is 25.7 Å². The Kier molecular flexibility index (Phi) is 6.45. The molecule has 0 bridgehead atoms. The maximum Gasteiger partial charge on any atom is 0.292 e. The molecule has 0 aliphatic carbocycles. The summed E-state index contributed by atoms with van der Waals surface area (Å²) in [6, 6.07) is 2.88. The summed E-state index contributed by atoms with van der Waals surface area (Å²) in [4.78, 5) is 26.8. The second-order valence-electron chi connectivity index (χ2n) is 8.57. The molecule has 1 fully saturated rings. The lowest BCUT2D eigenvalue weighted by Crippen LogP contribution is -2.44. The van der Waals surface area contributed by atoms with Crippen LogP contribution in [0.15, 0.2) is 29.2 Å². The van der Waals surface area contributed by atoms with Crippen LogP contribution in [0.2, 0.25) is 5.02 Å². The second kappa shape index (κ2) is 8.71. The fourth-order valence-electron chi connectivity index (χ4n) is 3.42. The van der Waals surface area contributed by atoms with Crippen LogP contribution >= 0.6 is 11.6 Å². The highest BCUT2D eigenvalue weighted by Gasteiger charge is 2.26. The van der Waals surface area contributed by atoms with Crippen LogP contribution in [-0.4, -0.2) is 35.3 Å². The Morgan fingerprint density at radius 1 is 1.30 bits per heavy atom. The van der Waals surface area contributed by atoms with Gasteiger partial charge in [-0.15, -0.1) is 0 Å². The van der Waals surface area contributed by atoms with Gasteiger partial charge in [-0.25, -0.2) is 8.78 Å². The number of carbonyl (C=O) groups excluding carboxylic acids is 1. The van der Waals surface area contributed by atoms with E-state index in [0.29, 0.717) is 31.4 Å². The molecule has 1 amide bonds. The van der Waals surface area contributed by atoms with Gasteiger partial charge in [0.05, 0.1) is 11.9 Å². The predicted octanol–water partition coefficient (Wildman–Crippen LogP) is 3.54. The van der Waals surface area contributed by atoms with E-state index in [4.69, 9.17) is 11.6 Å². The molecule has 1 atom stereocenters. The van der Waals surface area contributed by atoms with Crippen molar-refractivity contribution in [3.8, 4) is 5.69 Å². The van der Waals surface area contributed by atoms with E-state index in [1.165, 1.54) is 6.20 Å². The van der Waals surface area contributed by atoms with Crippen LogP contribution in [0.25, 0.3) is 5.69 Å². The van der Waals surface area contributed by atoms with Crippen LogP contribution in [0.5, 0.6) is 0 Å². The third-order valence-corrected chi connectivity index (χ3v) is 5.49. The molecule has 1 unspecified atom stereocenters. The molecule has 6 nitrogen and oxygen atoms in total. The van der Waals surface area contributed by atoms with Gasteiger partial charge in [0, 0.05) is 31.1 Å². The minimum absolute atomic E-state index is 0.0109. The van der Waals surface area contributed by atoms with E-state index in [2.05, 4.69) is 10.4 Å². The van der Waals surface area contributed by atoms with Crippen molar-refractivity contribution in [2.75, 3.05) is 24.5 Å². The molecule has 0 saturated carbocycles. The van der Waals surface area contributed by atoms with Gasteiger partial charge >= 0.3 is 0 Å². The van der Waals surface area contributed by atoms with E-state index in [9.17, 15) is 18.4 Å². The maximum atomic E-state index is 14.1. The smallest absolute Gasteiger partial charge is 0.292 e. The Balaban J connectivity index is 1.78. The predicted molar refractivity (Wildman–Crippen MR) is 112 cm³/mol. The second-order valence-corrected chi connectivity index (χ2v) is 8.95. The molecular weight excluding hydrogens is 414 g/mol. The molecule has 1 saturated heterocycles. The number of hydrogen-bond donors (Lipinski definition) is 1. The molecule has 0 radical (unpaired) electrons. The number of amides is 1. The summed E-state index contributed by atoms with van der Waals surface area (Å²) < 4.78 is 28.0. The van der Waals surface area contributed by atoms with Crippen molar-refractivity contribution in [1.82, 2.24) is 15.1 Å². The number of aromatic nitrogens is 2. The van der Waals surface area contributed by atoms with Gasteiger partial charge < -0.3 is 10.2 Å². The monoisotopic (exact) mass is 438 g/mol. The normalized spacial score (nSPS) is 17.1. The van der Waals surface area contributed by atoms with Crippen LogP contribution in [0.4, 0.5) is 14.5 Å². The van der Waals surface area contributed by atoms with Gasteiger partial charge in [-0.05, 0) is 30.9 Å². The van der Waals surface area contributed by atoms with Crippen LogP contribution in [0.1, 0.15) is 33.6 Å². The Morgan fingerprint density at radius 2 is 2.03 bits per heavy atom. The molecule has 1 aliphatic heterocycles. The molecule has 3 rings (SSSR count). The third-order valence-electron chi connectivity index (χ3n) is 5.13. The zero-order chi connectivity index (χ0) is 22.1. The first-order chi connectivity index (χ1) is 14.1. The van der Waals surface area contributed by atoms with Crippen LogP contribution in [0.3, 0.4) is 0 Å². The Hall–Kier alpha value is -2.48. The van der Waals surface area contributed by atoms with Crippen LogP contribution < -0.4 is 15.8 Å². The summed E-state index contributed by atoms with van der Waals surface area (Å²) in [6.45, 7) is 7.43.